The number of urea groups is 1. The molecule has 2 fully saturated rings. The van der Waals surface area contributed by atoms with Gasteiger partial charge in [0.2, 0.25) is 0 Å². The van der Waals surface area contributed by atoms with Crippen molar-refractivity contribution in [3.05, 3.63) is 60.3 Å². The van der Waals surface area contributed by atoms with Crippen molar-refractivity contribution in [3.63, 3.8) is 0 Å². The number of amides is 3. The molecule has 0 bridgehead atoms. The van der Waals surface area contributed by atoms with Gasteiger partial charge in [0.25, 0.3) is 5.91 Å². The van der Waals surface area contributed by atoms with E-state index in [1.54, 1.807) is 24.5 Å². The minimum atomic E-state index is -0.777. The minimum Gasteiger partial charge on any atom is -0.465 e. The topological polar surface area (TPSA) is 79.1 Å². The quantitative estimate of drug-likeness (QED) is 0.442. The number of piperidine rings is 1. The summed E-state index contributed by atoms with van der Waals surface area (Å²) in [7, 11) is 1.65. The number of ether oxygens (including phenoxy) is 1. The van der Waals surface area contributed by atoms with Crippen LogP contribution in [-0.2, 0) is 16.1 Å². The van der Waals surface area contributed by atoms with Crippen LogP contribution in [0.15, 0.2) is 53.3 Å². The van der Waals surface area contributed by atoms with Crippen LogP contribution < -0.4 is 0 Å². The van der Waals surface area contributed by atoms with Crippen molar-refractivity contribution in [1.29, 1.82) is 0 Å². The summed E-state index contributed by atoms with van der Waals surface area (Å²) in [6, 6.07) is 9.10. The molecule has 0 radical (unpaired) electrons. The lowest BCUT2D eigenvalue weighted by Crippen LogP contribution is -2.56. The average molecular weight is 439 g/mol. The number of aromatic nitrogens is 1. The van der Waals surface area contributed by atoms with Crippen molar-refractivity contribution in [1.82, 2.24) is 19.7 Å². The van der Waals surface area contributed by atoms with Crippen LogP contribution in [0.25, 0.3) is 6.08 Å². The third-order valence-electron chi connectivity index (χ3n) is 6.27. The third-order valence-corrected chi connectivity index (χ3v) is 6.27. The zero-order valence-electron chi connectivity index (χ0n) is 18.5. The van der Waals surface area contributed by atoms with E-state index in [4.69, 9.17) is 9.15 Å². The number of hydrogen-bond donors (Lipinski definition) is 0. The predicted octanol–water partition coefficient (Wildman–Crippen LogP) is 3.02. The highest BCUT2D eigenvalue weighted by atomic mass is 16.5. The second-order valence-corrected chi connectivity index (χ2v) is 8.24. The Labute approximate surface area is 188 Å². The molecular weight excluding hydrogens is 408 g/mol. The van der Waals surface area contributed by atoms with E-state index in [1.807, 2.05) is 36.4 Å². The van der Waals surface area contributed by atoms with E-state index in [1.165, 1.54) is 4.90 Å². The Morgan fingerprint density at radius 2 is 2.03 bits per heavy atom. The van der Waals surface area contributed by atoms with E-state index >= 15 is 0 Å². The van der Waals surface area contributed by atoms with Crippen molar-refractivity contribution in [2.45, 2.75) is 31.3 Å². The summed E-state index contributed by atoms with van der Waals surface area (Å²) in [6.45, 7) is 3.55. The highest BCUT2D eigenvalue weighted by molar-refractivity contribution is 6.07. The second kappa shape index (κ2) is 10.1. The highest BCUT2D eigenvalue weighted by Crippen LogP contribution is 2.38. The van der Waals surface area contributed by atoms with Gasteiger partial charge in [-0.15, -0.1) is 0 Å². The smallest absolute Gasteiger partial charge is 0.328 e. The van der Waals surface area contributed by atoms with Crippen LogP contribution >= 0.6 is 0 Å². The molecule has 0 atom stereocenters. The first kappa shape index (κ1) is 22.2. The molecule has 32 heavy (non-hydrogen) atoms. The van der Waals surface area contributed by atoms with Crippen molar-refractivity contribution in [2.75, 3.05) is 39.9 Å². The molecular formula is C24H30N4O4. The molecule has 8 nitrogen and oxygen atoms in total. The Balaban J connectivity index is 1.45. The summed E-state index contributed by atoms with van der Waals surface area (Å²) < 4.78 is 10.5. The fraction of sp³-hybridized carbons (Fsp3) is 0.458. The summed E-state index contributed by atoms with van der Waals surface area (Å²) in [6.07, 6.45) is 9.31. The molecule has 0 aromatic carbocycles. The van der Waals surface area contributed by atoms with E-state index < -0.39 is 5.54 Å². The minimum absolute atomic E-state index is 0.101. The lowest BCUT2D eigenvalue weighted by atomic mass is 9.85. The molecule has 2 aliphatic rings. The van der Waals surface area contributed by atoms with Crippen molar-refractivity contribution < 1.29 is 18.7 Å². The number of furan rings is 1. The first-order valence-electron chi connectivity index (χ1n) is 11.1. The maximum absolute atomic E-state index is 13.6. The number of pyridine rings is 1. The number of rotatable bonds is 9. The summed E-state index contributed by atoms with van der Waals surface area (Å²) in [5, 5.41) is 0. The molecule has 0 saturated carbocycles. The third kappa shape index (κ3) is 4.61. The largest absolute Gasteiger partial charge is 0.465 e. The highest BCUT2D eigenvalue weighted by Gasteiger charge is 2.57. The lowest BCUT2D eigenvalue weighted by Gasteiger charge is -2.42. The maximum Gasteiger partial charge on any atom is 0.328 e. The molecule has 4 heterocycles. The molecule has 0 N–H and O–H groups in total. The van der Waals surface area contributed by atoms with Gasteiger partial charge in [0.1, 0.15) is 11.3 Å². The molecule has 170 valence electrons. The van der Waals surface area contributed by atoms with Crippen molar-refractivity contribution in [3.8, 4) is 0 Å². The predicted molar refractivity (Wildman–Crippen MR) is 120 cm³/mol. The van der Waals surface area contributed by atoms with Crippen molar-refractivity contribution in [2.24, 2.45) is 0 Å². The van der Waals surface area contributed by atoms with Crippen LogP contribution in [-0.4, -0.2) is 77.1 Å². The van der Waals surface area contributed by atoms with Gasteiger partial charge in [-0.1, -0.05) is 12.1 Å². The number of carbonyl (C=O) groups excluding carboxylic acids is 2. The van der Waals surface area contributed by atoms with Crippen LogP contribution in [0.5, 0.6) is 0 Å². The first-order chi connectivity index (χ1) is 15.6. The van der Waals surface area contributed by atoms with Crippen LogP contribution in [0.3, 0.4) is 0 Å². The SMILES string of the molecule is COCCCN1C(=O)N(Cc2ccccn2)C(=O)C12CCN(C/C=C/c1ccco1)CC2. The van der Waals surface area contributed by atoms with E-state index in [9.17, 15) is 9.59 Å². The zero-order chi connectivity index (χ0) is 22.4. The van der Waals surface area contributed by atoms with E-state index in [0.29, 0.717) is 38.1 Å². The molecule has 2 aromatic rings. The Hall–Kier alpha value is -2.97. The molecule has 3 amide bonds. The number of carbonyl (C=O) groups is 2. The number of nitrogens with zero attached hydrogens (tertiary/aromatic N) is 4. The maximum atomic E-state index is 13.6. The molecule has 2 saturated heterocycles. The van der Waals surface area contributed by atoms with E-state index in [0.717, 1.165) is 25.4 Å². The Bertz CT molecular complexity index is 921. The Morgan fingerprint density at radius 1 is 1.19 bits per heavy atom. The zero-order valence-corrected chi connectivity index (χ0v) is 18.5. The van der Waals surface area contributed by atoms with Crippen molar-refractivity contribution >= 4 is 18.0 Å². The van der Waals surface area contributed by atoms with Gasteiger partial charge in [0, 0.05) is 46.1 Å². The molecule has 4 rings (SSSR count). The van der Waals surface area contributed by atoms with Gasteiger partial charge in [-0.3, -0.25) is 19.6 Å². The summed E-state index contributed by atoms with van der Waals surface area (Å²) >= 11 is 0. The molecule has 1 spiro atoms. The standard InChI is InChI=1S/C24H30N4O4/c1-31-17-6-14-28-23(30)27(19-20-7-2-3-12-25-20)22(29)24(28)10-15-26(16-11-24)13-4-8-21-9-5-18-32-21/h2-5,7-9,12,18H,6,10-11,13-17,19H2,1H3/b8-4+. The normalized spacial score (nSPS) is 19.0. The first-order valence-corrected chi connectivity index (χ1v) is 11.1. The second-order valence-electron chi connectivity index (χ2n) is 8.24. The van der Waals surface area contributed by atoms with Crippen LogP contribution in [0, 0.1) is 0 Å². The Kier molecular flexibility index (Phi) is 7.02. The van der Waals surface area contributed by atoms with Crippen LogP contribution in [0.4, 0.5) is 4.79 Å². The average Bonchev–Trinajstić information content (AvgIpc) is 3.40. The number of methoxy groups -OCH3 is 1. The molecule has 0 unspecified atom stereocenters. The van der Waals surface area contributed by atoms with Gasteiger partial charge in [0.05, 0.1) is 18.5 Å². The summed E-state index contributed by atoms with van der Waals surface area (Å²) in [4.78, 5) is 36.6. The van der Waals surface area contributed by atoms with Crippen LogP contribution in [0.1, 0.15) is 30.7 Å². The van der Waals surface area contributed by atoms with Gasteiger partial charge in [-0.2, -0.15) is 0 Å². The van der Waals surface area contributed by atoms with Gasteiger partial charge in [-0.05, 0) is 49.6 Å². The molecule has 0 aliphatic carbocycles. The van der Waals surface area contributed by atoms with Gasteiger partial charge < -0.3 is 14.1 Å². The number of likely N-dealkylation sites (tertiary alicyclic amines) is 1. The van der Waals surface area contributed by atoms with E-state index in [2.05, 4.69) is 16.0 Å². The van der Waals surface area contributed by atoms with Gasteiger partial charge in [-0.25, -0.2) is 4.79 Å². The van der Waals surface area contributed by atoms with Crippen LogP contribution in [0.2, 0.25) is 0 Å². The molecule has 8 heteroatoms. The van der Waals surface area contributed by atoms with Gasteiger partial charge in [0.15, 0.2) is 0 Å². The van der Waals surface area contributed by atoms with Gasteiger partial charge >= 0.3 is 6.03 Å². The fourth-order valence-corrected chi connectivity index (χ4v) is 4.55. The number of hydrogen-bond acceptors (Lipinski definition) is 6. The Morgan fingerprint density at radius 3 is 2.72 bits per heavy atom. The summed E-state index contributed by atoms with van der Waals surface area (Å²) in [5.41, 5.74) is -0.0653. The molecule has 2 aromatic heterocycles. The molecule has 2 aliphatic heterocycles. The lowest BCUT2D eigenvalue weighted by molar-refractivity contribution is -0.136. The number of imide groups is 1. The summed E-state index contributed by atoms with van der Waals surface area (Å²) in [5.74, 6) is 0.723. The van der Waals surface area contributed by atoms with E-state index in [-0.39, 0.29) is 18.5 Å². The monoisotopic (exact) mass is 438 g/mol. The fourth-order valence-electron chi connectivity index (χ4n) is 4.55.